The molecule has 3 heterocycles. The van der Waals surface area contributed by atoms with E-state index in [2.05, 4.69) is 15.1 Å². The van der Waals surface area contributed by atoms with Gasteiger partial charge in [0.1, 0.15) is 5.82 Å². The van der Waals surface area contributed by atoms with E-state index in [0.29, 0.717) is 17.9 Å². The maximum atomic E-state index is 11.7. The van der Waals surface area contributed by atoms with E-state index in [1.54, 1.807) is 24.1 Å². The van der Waals surface area contributed by atoms with Gasteiger partial charge < -0.3 is 4.98 Å². The third kappa shape index (κ3) is 2.51. The maximum absolute atomic E-state index is 11.7. The number of sulfone groups is 1. The van der Waals surface area contributed by atoms with Gasteiger partial charge in [0.05, 0.1) is 23.4 Å². The zero-order valence-electron chi connectivity index (χ0n) is 10.9. The molecular weight excluding hydrogens is 280 g/mol. The molecule has 1 fully saturated rings. The Morgan fingerprint density at radius 2 is 2.25 bits per heavy atom. The average Bonchev–Trinajstić information content (AvgIpc) is 2.94. The predicted octanol–water partition coefficient (Wildman–Crippen LogP) is 0.0725. The topological polar surface area (TPSA) is 97.7 Å². The van der Waals surface area contributed by atoms with Crippen molar-refractivity contribution in [3.8, 4) is 11.3 Å². The highest BCUT2D eigenvalue weighted by molar-refractivity contribution is 7.91. The first-order valence-corrected chi connectivity index (χ1v) is 8.06. The summed E-state index contributed by atoms with van der Waals surface area (Å²) < 4.78 is 24.7. The van der Waals surface area contributed by atoms with Crippen molar-refractivity contribution >= 4 is 9.84 Å². The highest BCUT2D eigenvalue weighted by Gasteiger charge is 2.30. The number of aromatic amines is 1. The van der Waals surface area contributed by atoms with Gasteiger partial charge in [-0.15, -0.1) is 0 Å². The van der Waals surface area contributed by atoms with Crippen LogP contribution in [0.5, 0.6) is 0 Å². The molecule has 0 amide bonds. The van der Waals surface area contributed by atoms with Crippen molar-refractivity contribution in [1.29, 1.82) is 0 Å². The lowest BCUT2D eigenvalue weighted by molar-refractivity contribution is 0.601. The normalized spacial score (nSPS) is 21.1. The Kier molecular flexibility index (Phi) is 2.97. The molecule has 3 rings (SSSR count). The van der Waals surface area contributed by atoms with Crippen LogP contribution in [-0.4, -0.2) is 39.7 Å². The van der Waals surface area contributed by atoms with Crippen molar-refractivity contribution in [2.45, 2.75) is 12.3 Å². The van der Waals surface area contributed by atoms with Crippen molar-refractivity contribution in [2.75, 3.05) is 11.5 Å². The van der Waals surface area contributed by atoms with E-state index < -0.39 is 9.84 Å². The van der Waals surface area contributed by atoms with Crippen molar-refractivity contribution in [2.24, 2.45) is 7.05 Å². The quantitative estimate of drug-likeness (QED) is 0.845. The second kappa shape index (κ2) is 4.55. The maximum Gasteiger partial charge on any atom is 0.251 e. The zero-order valence-corrected chi connectivity index (χ0v) is 11.7. The molecule has 2 aromatic rings. The largest absolute Gasteiger partial charge is 0.310 e. The fourth-order valence-electron chi connectivity index (χ4n) is 2.38. The van der Waals surface area contributed by atoms with Crippen LogP contribution >= 0.6 is 0 Å². The van der Waals surface area contributed by atoms with Gasteiger partial charge in [-0.1, -0.05) is 0 Å². The lowest BCUT2D eigenvalue weighted by atomic mass is 10.1. The number of aryl methyl sites for hydroxylation is 1. The number of H-pyrrole nitrogens is 1. The SMILES string of the molecule is Cn1cc(-c2cc(=O)[nH]c(C3CCS(=O)(=O)C3)n2)cn1. The standard InChI is InChI=1S/C12H14N4O3S/c1-16-6-9(5-13-16)10-4-11(17)15-12(14-10)8-2-3-20(18,19)7-8/h4-6,8H,2-3,7H2,1H3,(H,14,15,17). The van der Waals surface area contributed by atoms with Gasteiger partial charge in [-0.2, -0.15) is 5.10 Å². The van der Waals surface area contributed by atoms with Crippen LogP contribution in [0, 0.1) is 0 Å². The lowest BCUT2D eigenvalue weighted by Crippen LogP contribution is -2.15. The molecule has 1 N–H and O–H groups in total. The predicted molar refractivity (Wildman–Crippen MR) is 73.1 cm³/mol. The van der Waals surface area contributed by atoms with Gasteiger partial charge in [-0.25, -0.2) is 13.4 Å². The smallest absolute Gasteiger partial charge is 0.251 e. The molecule has 1 aliphatic rings. The molecule has 0 aromatic carbocycles. The zero-order chi connectivity index (χ0) is 14.3. The van der Waals surface area contributed by atoms with Gasteiger partial charge >= 0.3 is 0 Å². The number of hydrogen-bond donors (Lipinski definition) is 1. The van der Waals surface area contributed by atoms with Crippen molar-refractivity contribution in [3.05, 3.63) is 34.6 Å². The first kappa shape index (κ1) is 13.0. The molecule has 8 heteroatoms. The Morgan fingerprint density at radius 3 is 2.85 bits per heavy atom. The molecule has 0 aliphatic carbocycles. The molecule has 0 saturated carbocycles. The summed E-state index contributed by atoms with van der Waals surface area (Å²) in [5.41, 5.74) is 0.972. The second-order valence-electron chi connectivity index (χ2n) is 5.02. The monoisotopic (exact) mass is 294 g/mol. The van der Waals surface area contributed by atoms with Crippen molar-refractivity contribution in [1.82, 2.24) is 19.7 Å². The third-order valence-electron chi connectivity index (χ3n) is 3.38. The minimum Gasteiger partial charge on any atom is -0.310 e. The van der Waals surface area contributed by atoms with Crippen LogP contribution in [0.15, 0.2) is 23.3 Å². The van der Waals surface area contributed by atoms with Crippen LogP contribution in [0.3, 0.4) is 0 Å². The molecule has 0 bridgehead atoms. The highest BCUT2D eigenvalue weighted by Crippen LogP contribution is 2.27. The van der Waals surface area contributed by atoms with Gasteiger partial charge in [0.15, 0.2) is 9.84 Å². The third-order valence-corrected chi connectivity index (χ3v) is 5.15. The number of rotatable bonds is 2. The number of nitrogens with one attached hydrogen (secondary N) is 1. The van der Waals surface area contributed by atoms with E-state index in [1.807, 2.05) is 0 Å². The fraction of sp³-hybridized carbons (Fsp3) is 0.417. The average molecular weight is 294 g/mol. The first-order valence-electron chi connectivity index (χ1n) is 6.24. The molecule has 1 saturated heterocycles. The highest BCUT2D eigenvalue weighted by atomic mass is 32.2. The summed E-state index contributed by atoms with van der Waals surface area (Å²) in [7, 11) is -1.23. The molecule has 1 unspecified atom stereocenters. The summed E-state index contributed by atoms with van der Waals surface area (Å²) >= 11 is 0. The summed E-state index contributed by atoms with van der Waals surface area (Å²) in [6, 6.07) is 1.39. The molecular formula is C12H14N4O3S. The first-order chi connectivity index (χ1) is 9.43. The van der Waals surface area contributed by atoms with Crippen molar-refractivity contribution in [3.63, 3.8) is 0 Å². The summed E-state index contributed by atoms with van der Waals surface area (Å²) in [6.45, 7) is 0. The van der Waals surface area contributed by atoms with Crippen LogP contribution in [0.2, 0.25) is 0 Å². The van der Waals surface area contributed by atoms with Gasteiger partial charge in [0.2, 0.25) is 0 Å². The van der Waals surface area contributed by atoms with Crippen LogP contribution in [0.4, 0.5) is 0 Å². The van der Waals surface area contributed by atoms with Crippen LogP contribution < -0.4 is 5.56 Å². The number of aromatic nitrogens is 4. The van der Waals surface area contributed by atoms with Crippen molar-refractivity contribution < 1.29 is 8.42 Å². The molecule has 7 nitrogen and oxygen atoms in total. The Hall–Kier alpha value is -1.96. The molecule has 0 spiro atoms. The molecule has 106 valence electrons. The minimum absolute atomic E-state index is 0.0480. The summed E-state index contributed by atoms with van der Waals surface area (Å²) in [5.74, 6) is 0.409. The Bertz CT molecular complexity index is 806. The van der Waals surface area contributed by atoms with Gasteiger partial charge in [-0.3, -0.25) is 9.48 Å². The summed E-state index contributed by atoms with van der Waals surface area (Å²) in [6.07, 6.45) is 3.88. The van der Waals surface area contributed by atoms with E-state index in [4.69, 9.17) is 0 Å². The van der Waals surface area contributed by atoms with E-state index in [0.717, 1.165) is 5.56 Å². The van der Waals surface area contributed by atoms with Crippen LogP contribution in [0.25, 0.3) is 11.3 Å². The molecule has 0 radical (unpaired) electrons. The molecule has 20 heavy (non-hydrogen) atoms. The van der Waals surface area contributed by atoms with Gasteiger partial charge in [0.25, 0.3) is 5.56 Å². The second-order valence-corrected chi connectivity index (χ2v) is 7.25. The van der Waals surface area contributed by atoms with Crippen LogP contribution in [-0.2, 0) is 16.9 Å². The van der Waals surface area contributed by atoms with Gasteiger partial charge in [-0.05, 0) is 6.42 Å². The van der Waals surface area contributed by atoms with E-state index in [1.165, 1.54) is 6.07 Å². The van der Waals surface area contributed by atoms with Gasteiger partial charge in [0, 0.05) is 30.8 Å². The Morgan fingerprint density at radius 1 is 1.45 bits per heavy atom. The summed E-state index contributed by atoms with van der Waals surface area (Å²) in [5, 5.41) is 4.04. The minimum atomic E-state index is -3.01. The molecule has 1 aliphatic heterocycles. The molecule has 1 atom stereocenters. The Labute approximate surface area is 115 Å². The Balaban J connectivity index is 2.01. The van der Waals surface area contributed by atoms with Crippen LogP contribution in [0.1, 0.15) is 18.2 Å². The summed E-state index contributed by atoms with van der Waals surface area (Å²) in [4.78, 5) is 18.8. The van der Waals surface area contributed by atoms with E-state index in [9.17, 15) is 13.2 Å². The molecule has 2 aromatic heterocycles. The fourth-order valence-corrected chi connectivity index (χ4v) is 4.13. The van der Waals surface area contributed by atoms with E-state index in [-0.39, 0.29) is 23.0 Å². The van der Waals surface area contributed by atoms with E-state index >= 15 is 0 Å². The lowest BCUT2D eigenvalue weighted by Gasteiger charge is -2.07. The number of hydrogen-bond acceptors (Lipinski definition) is 5. The number of nitrogens with zero attached hydrogens (tertiary/aromatic N) is 3.